The molecule has 0 amide bonds. The molecule has 1 N–H and O–H groups in total. The van der Waals surface area contributed by atoms with E-state index in [9.17, 15) is 5.11 Å². The van der Waals surface area contributed by atoms with Crippen LogP contribution in [0.2, 0.25) is 5.02 Å². The van der Waals surface area contributed by atoms with Crippen LogP contribution in [-0.4, -0.2) is 17.1 Å². The zero-order chi connectivity index (χ0) is 15.5. The number of rotatable bonds is 2. The fourth-order valence-corrected chi connectivity index (χ4v) is 5.99. The third-order valence-electron chi connectivity index (χ3n) is 5.61. The Hall–Kier alpha value is -0.860. The summed E-state index contributed by atoms with van der Waals surface area (Å²) in [5, 5.41) is 10.4. The van der Waals surface area contributed by atoms with Gasteiger partial charge in [-0.15, -0.1) is 11.6 Å². The van der Waals surface area contributed by atoms with E-state index < -0.39 is 0 Å². The van der Waals surface area contributed by atoms with E-state index in [0.717, 1.165) is 30.1 Å². The molecule has 0 spiro atoms. The van der Waals surface area contributed by atoms with Gasteiger partial charge in [0.1, 0.15) is 11.5 Å². The highest BCUT2D eigenvalue weighted by Crippen LogP contribution is 2.61. The topological polar surface area (TPSA) is 29.5 Å². The molecule has 4 saturated carbocycles. The van der Waals surface area contributed by atoms with Gasteiger partial charge in [-0.2, -0.15) is 0 Å². The maximum absolute atomic E-state index is 9.85. The highest BCUT2D eigenvalue weighted by molar-refractivity contribution is 6.30. The van der Waals surface area contributed by atoms with Gasteiger partial charge in [-0.3, -0.25) is 0 Å². The largest absolute Gasteiger partial charge is 0.508 e. The highest BCUT2D eigenvalue weighted by Gasteiger charge is 2.53. The van der Waals surface area contributed by atoms with E-state index >= 15 is 0 Å². The van der Waals surface area contributed by atoms with Crippen molar-refractivity contribution in [1.29, 1.82) is 0 Å². The number of halogens is 2. The first-order valence-electron chi connectivity index (χ1n) is 7.94. The molecule has 0 radical (unpaired) electrons. The predicted molar refractivity (Wildman–Crippen MR) is 89.2 cm³/mol. The summed E-state index contributed by atoms with van der Waals surface area (Å²) in [4.78, 5) is 0.00925. The number of ether oxygens (including phenoxy) is 1. The molecule has 2 unspecified atom stereocenters. The molecule has 4 heteroatoms. The van der Waals surface area contributed by atoms with Crippen LogP contribution in [0.3, 0.4) is 0 Å². The molecule has 2 nitrogen and oxygen atoms in total. The monoisotopic (exact) mass is 338 g/mol. The summed E-state index contributed by atoms with van der Waals surface area (Å²) in [6, 6.07) is 5.15. The number of aromatic hydroxyl groups is 1. The standard InChI is InChI=1S/C18H20Cl2O2/c1-22-17(11-4-14(19)6-15(21)5-11)16-12-2-10-3-13(16)9-18(20,7-10)8-12/h4-6,10,12-13,21H,2-3,7-9H2,1H3. The van der Waals surface area contributed by atoms with Crippen LogP contribution < -0.4 is 0 Å². The molecule has 0 saturated heterocycles. The number of phenolic OH excluding ortho intramolecular Hbond substituents is 1. The molecule has 4 aliphatic rings. The fourth-order valence-electron chi connectivity index (χ4n) is 5.17. The average molecular weight is 339 g/mol. The van der Waals surface area contributed by atoms with Crippen molar-refractivity contribution >= 4 is 29.0 Å². The second kappa shape index (κ2) is 5.07. The summed E-state index contributed by atoms with van der Waals surface area (Å²) < 4.78 is 5.77. The molecular formula is C18H20Cl2O2. The Bertz CT molecular complexity index is 614. The molecule has 1 aromatic rings. The Labute approximate surface area is 141 Å². The van der Waals surface area contributed by atoms with Crippen molar-refractivity contribution in [3.05, 3.63) is 34.4 Å². The molecule has 4 bridgehead atoms. The van der Waals surface area contributed by atoms with Gasteiger partial charge in [0.2, 0.25) is 0 Å². The van der Waals surface area contributed by atoms with Crippen molar-refractivity contribution < 1.29 is 9.84 Å². The fraction of sp³-hybridized carbons (Fsp3) is 0.556. The predicted octanol–water partition coefficient (Wildman–Crippen LogP) is 5.22. The molecule has 4 aliphatic carbocycles. The van der Waals surface area contributed by atoms with Crippen molar-refractivity contribution in [2.24, 2.45) is 17.8 Å². The number of hydrogen-bond acceptors (Lipinski definition) is 2. The van der Waals surface area contributed by atoms with E-state index in [1.54, 1.807) is 19.2 Å². The lowest BCUT2D eigenvalue weighted by molar-refractivity contribution is 0.0843. The number of phenols is 1. The lowest BCUT2D eigenvalue weighted by atomic mass is 9.53. The summed E-state index contributed by atoms with van der Waals surface area (Å²) in [6.45, 7) is 0. The molecular weight excluding hydrogens is 319 g/mol. The summed E-state index contributed by atoms with van der Waals surface area (Å²) in [5.41, 5.74) is 2.27. The van der Waals surface area contributed by atoms with E-state index in [-0.39, 0.29) is 10.6 Å². The zero-order valence-electron chi connectivity index (χ0n) is 12.6. The van der Waals surface area contributed by atoms with Crippen molar-refractivity contribution in [1.82, 2.24) is 0 Å². The first-order valence-corrected chi connectivity index (χ1v) is 8.70. The summed E-state index contributed by atoms with van der Waals surface area (Å²) >= 11 is 12.9. The Kier molecular flexibility index (Phi) is 3.39. The van der Waals surface area contributed by atoms with Gasteiger partial charge in [0.25, 0.3) is 0 Å². The Morgan fingerprint density at radius 3 is 2.41 bits per heavy atom. The molecule has 5 rings (SSSR count). The van der Waals surface area contributed by atoms with E-state index in [4.69, 9.17) is 27.9 Å². The SMILES string of the molecule is COC(=C1C2CC3CC1CC(Cl)(C3)C2)c1cc(O)cc(Cl)c1. The van der Waals surface area contributed by atoms with Crippen LogP contribution >= 0.6 is 23.2 Å². The van der Waals surface area contributed by atoms with Gasteiger partial charge < -0.3 is 9.84 Å². The Balaban J connectivity index is 1.81. The van der Waals surface area contributed by atoms with Crippen LogP contribution in [0.1, 0.15) is 37.7 Å². The Morgan fingerprint density at radius 1 is 1.18 bits per heavy atom. The summed E-state index contributed by atoms with van der Waals surface area (Å²) in [7, 11) is 1.71. The molecule has 22 heavy (non-hydrogen) atoms. The van der Waals surface area contributed by atoms with Crippen molar-refractivity contribution in [2.45, 2.75) is 37.0 Å². The lowest BCUT2D eigenvalue weighted by Gasteiger charge is -2.55. The van der Waals surface area contributed by atoms with Gasteiger partial charge in [-0.05, 0) is 73.6 Å². The van der Waals surface area contributed by atoms with Gasteiger partial charge in [-0.25, -0.2) is 0 Å². The van der Waals surface area contributed by atoms with Crippen LogP contribution in [0.4, 0.5) is 0 Å². The van der Waals surface area contributed by atoms with Gasteiger partial charge in [0.05, 0.1) is 7.11 Å². The number of alkyl halides is 1. The first-order chi connectivity index (χ1) is 10.5. The normalized spacial score (nSPS) is 35.8. The average Bonchev–Trinajstić information content (AvgIpc) is 2.39. The minimum Gasteiger partial charge on any atom is -0.508 e. The van der Waals surface area contributed by atoms with E-state index in [0.29, 0.717) is 16.9 Å². The van der Waals surface area contributed by atoms with Crippen molar-refractivity contribution in [3.8, 4) is 5.75 Å². The van der Waals surface area contributed by atoms with E-state index in [1.165, 1.54) is 24.8 Å². The van der Waals surface area contributed by atoms with Crippen LogP contribution in [0.15, 0.2) is 23.8 Å². The van der Waals surface area contributed by atoms with E-state index in [2.05, 4.69) is 0 Å². The number of hydrogen-bond donors (Lipinski definition) is 1. The van der Waals surface area contributed by atoms with E-state index in [1.807, 2.05) is 6.07 Å². The quantitative estimate of drug-likeness (QED) is 0.591. The van der Waals surface area contributed by atoms with Gasteiger partial charge >= 0.3 is 0 Å². The Morgan fingerprint density at radius 2 is 1.86 bits per heavy atom. The van der Waals surface area contributed by atoms with Gasteiger partial charge in [-0.1, -0.05) is 11.6 Å². The minimum atomic E-state index is 0.00925. The molecule has 0 aliphatic heterocycles. The number of methoxy groups -OCH3 is 1. The molecule has 0 aromatic heterocycles. The third kappa shape index (κ3) is 2.32. The summed E-state index contributed by atoms with van der Waals surface area (Å²) in [6.07, 6.45) is 5.72. The molecule has 1 aromatic carbocycles. The smallest absolute Gasteiger partial charge is 0.126 e. The van der Waals surface area contributed by atoms with Crippen LogP contribution in [-0.2, 0) is 4.74 Å². The van der Waals surface area contributed by atoms with Crippen LogP contribution in [0.5, 0.6) is 5.75 Å². The van der Waals surface area contributed by atoms with Crippen LogP contribution in [0, 0.1) is 17.8 Å². The van der Waals surface area contributed by atoms with Gasteiger partial charge in [0, 0.05) is 15.5 Å². The van der Waals surface area contributed by atoms with Crippen LogP contribution in [0.25, 0.3) is 5.76 Å². The molecule has 118 valence electrons. The number of allylic oxidation sites excluding steroid dienone is 1. The summed E-state index contributed by atoms with van der Waals surface area (Å²) in [5.74, 6) is 2.87. The minimum absolute atomic E-state index is 0.00925. The molecule has 4 fully saturated rings. The number of benzene rings is 1. The van der Waals surface area contributed by atoms with Crippen molar-refractivity contribution in [2.75, 3.05) is 7.11 Å². The molecule has 0 heterocycles. The van der Waals surface area contributed by atoms with Gasteiger partial charge in [0.15, 0.2) is 0 Å². The first kappa shape index (κ1) is 14.7. The van der Waals surface area contributed by atoms with Crippen molar-refractivity contribution in [3.63, 3.8) is 0 Å². The maximum atomic E-state index is 9.85. The second-order valence-corrected chi connectivity index (χ2v) is 8.42. The zero-order valence-corrected chi connectivity index (χ0v) is 14.1. The maximum Gasteiger partial charge on any atom is 0.126 e. The lowest BCUT2D eigenvalue weighted by Crippen LogP contribution is -2.48. The second-order valence-electron chi connectivity index (χ2n) is 7.18. The highest BCUT2D eigenvalue weighted by atomic mass is 35.5. The molecule has 2 atom stereocenters. The third-order valence-corrected chi connectivity index (χ3v) is 6.29.